The zero-order chi connectivity index (χ0) is 13.2. The van der Waals surface area contributed by atoms with Crippen LogP contribution in [0.4, 0.5) is 4.39 Å². The van der Waals surface area contributed by atoms with E-state index in [0.717, 1.165) is 0 Å². The normalized spacial score (nSPS) is 14.6. The van der Waals surface area contributed by atoms with Crippen LogP contribution in [0.25, 0.3) is 11.3 Å². The number of ether oxygens (including phenoxy) is 1. The van der Waals surface area contributed by atoms with E-state index in [4.69, 9.17) is 9.15 Å². The molecule has 0 aliphatic heterocycles. The summed E-state index contributed by atoms with van der Waals surface area (Å²) in [6.45, 7) is 0.586. The van der Waals surface area contributed by atoms with Gasteiger partial charge in [-0.2, -0.15) is 0 Å². The summed E-state index contributed by atoms with van der Waals surface area (Å²) in [7, 11) is 1.50. The Labute approximate surface area is 110 Å². The fourth-order valence-corrected chi connectivity index (χ4v) is 1.86. The van der Waals surface area contributed by atoms with Crippen LogP contribution in [-0.4, -0.2) is 18.1 Å². The van der Waals surface area contributed by atoms with Crippen molar-refractivity contribution in [1.82, 2.24) is 10.3 Å². The van der Waals surface area contributed by atoms with Crippen molar-refractivity contribution in [1.29, 1.82) is 0 Å². The average Bonchev–Trinajstić information content (AvgIpc) is 3.14. The van der Waals surface area contributed by atoms with E-state index in [9.17, 15) is 4.39 Å². The van der Waals surface area contributed by atoms with E-state index >= 15 is 0 Å². The largest absolute Gasteiger partial charge is 0.497 e. The molecule has 1 aliphatic carbocycles. The molecule has 0 atom stereocenters. The summed E-state index contributed by atoms with van der Waals surface area (Å²) in [4.78, 5) is 4.15. The Kier molecular flexibility index (Phi) is 3.21. The van der Waals surface area contributed by atoms with Crippen molar-refractivity contribution in [2.24, 2.45) is 0 Å². The molecule has 0 bridgehead atoms. The summed E-state index contributed by atoms with van der Waals surface area (Å²) in [5.41, 5.74) is 0.394. The van der Waals surface area contributed by atoms with Gasteiger partial charge in [-0.05, 0) is 25.0 Å². The minimum absolute atomic E-state index is 0.378. The molecule has 5 heteroatoms. The van der Waals surface area contributed by atoms with Gasteiger partial charge in [0.25, 0.3) is 0 Å². The average molecular weight is 262 g/mol. The quantitative estimate of drug-likeness (QED) is 0.900. The fourth-order valence-electron chi connectivity index (χ4n) is 1.86. The number of nitrogens with one attached hydrogen (secondary N) is 1. The minimum atomic E-state index is -0.378. The van der Waals surface area contributed by atoms with Gasteiger partial charge in [-0.25, -0.2) is 9.37 Å². The summed E-state index contributed by atoms with van der Waals surface area (Å²) in [6.07, 6.45) is 3.97. The summed E-state index contributed by atoms with van der Waals surface area (Å²) in [5.74, 6) is 1.12. The summed E-state index contributed by atoms with van der Waals surface area (Å²) >= 11 is 0. The molecule has 1 aliphatic rings. The van der Waals surface area contributed by atoms with Crippen LogP contribution < -0.4 is 10.1 Å². The first-order valence-corrected chi connectivity index (χ1v) is 6.28. The van der Waals surface area contributed by atoms with Crippen LogP contribution in [0, 0.1) is 5.82 Å². The first-order chi connectivity index (χ1) is 9.26. The van der Waals surface area contributed by atoms with Gasteiger partial charge in [-0.3, -0.25) is 0 Å². The monoisotopic (exact) mass is 262 g/mol. The van der Waals surface area contributed by atoms with E-state index in [-0.39, 0.29) is 5.82 Å². The Morgan fingerprint density at radius 3 is 3.00 bits per heavy atom. The van der Waals surface area contributed by atoms with Crippen molar-refractivity contribution in [3.8, 4) is 17.1 Å². The van der Waals surface area contributed by atoms with Crippen LogP contribution in [0.1, 0.15) is 18.7 Å². The topological polar surface area (TPSA) is 47.3 Å². The van der Waals surface area contributed by atoms with E-state index in [1.54, 1.807) is 18.3 Å². The molecule has 100 valence electrons. The SMILES string of the molecule is COc1ccc(-c2cnc(CNC3CC3)o2)c(F)c1. The van der Waals surface area contributed by atoms with Gasteiger partial charge in [0.05, 0.1) is 25.4 Å². The lowest BCUT2D eigenvalue weighted by atomic mass is 10.1. The van der Waals surface area contributed by atoms with Crippen molar-refractivity contribution < 1.29 is 13.5 Å². The molecule has 0 radical (unpaired) electrons. The molecule has 1 fully saturated rings. The third kappa shape index (κ3) is 2.76. The Balaban J connectivity index is 1.77. The number of hydrogen-bond donors (Lipinski definition) is 1. The molecule has 1 N–H and O–H groups in total. The molecule has 0 spiro atoms. The highest BCUT2D eigenvalue weighted by atomic mass is 19.1. The molecule has 1 aromatic heterocycles. The van der Waals surface area contributed by atoms with Gasteiger partial charge in [0, 0.05) is 12.1 Å². The van der Waals surface area contributed by atoms with Crippen LogP contribution in [0.2, 0.25) is 0 Å². The molecule has 4 nitrogen and oxygen atoms in total. The van der Waals surface area contributed by atoms with E-state index in [2.05, 4.69) is 10.3 Å². The molecule has 3 rings (SSSR count). The van der Waals surface area contributed by atoms with E-state index < -0.39 is 0 Å². The third-order valence-corrected chi connectivity index (χ3v) is 3.11. The van der Waals surface area contributed by atoms with Crippen molar-refractivity contribution in [3.63, 3.8) is 0 Å². The van der Waals surface area contributed by atoms with E-state index in [1.165, 1.54) is 26.0 Å². The number of aromatic nitrogens is 1. The highest BCUT2D eigenvalue weighted by molar-refractivity contribution is 5.58. The second-order valence-corrected chi connectivity index (χ2v) is 4.62. The van der Waals surface area contributed by atoms with Gasteiger partial charge >= 0.3 is 0 Å². The maximum atomic E-state index is 13.9. The van der Waals surface area contributed by atoms with Crippen molar-refractivity contribution in [3.05, 3.63) is 36.1 Å². The van der Waals surface area contributed by atoms with Crippen molar-refractivity contribution in [2.45, 2.75) is 25.4 Å². The molecule has 1 heterocycles. The number of halogens is 1. The number of benzene rings is 1. The van der Waals surface area contributed by atoms with E-state index in [0.29, 0.717) is 35.6 Å². The number of methoxy groups -OCH3 is 1. The first kappa shape index (κ1) is 12.2. The summed E-state index contributed by atoms with van der Waals surface area (Å²) in [5, 5.41) is 3.30. The molecule has 19 heavy (non-hydrogen) atoms. The zero-order valence-corrected chi connectivity index (χ0v) is 10.6. The Morgan fingerprint density at radius 1 is 1.47 bits per heavy atom. The van der Waals surface area contributed by atoms with Crippen LogP contribution in [-0.2, 0) is 6.54 Å². The van der Waals surface area contributed by atoms with Gasteiger partial charge < -0.3 is 14.5 Å². The van der Waals surface area contributed by atoms with Crippen LogP contribution in [0.3, 0.4) is 0 Å². The first-order valence-electron chi connectivity index (χ1n) is 6.28. The van der Waals surface area contributed by atoms with Crippen LogP contribution >= 0.6 is 0 Å². The Morgan fingerprint density at radius 2 is 2.32 bits per heavy atom. The summed E-state index contributed by atoms with van der Waals surface area (Å²) in [6, 6.07) is 5.25. The fraction of sp³-hybridized carbons (Fsp3) is 0.357. The number of nitrogens with zero attached hydrogens (tertiary/aromatic N) is 1. The maximum Gasteiger partial charge on any atom is 0.208 e. The maximum absolute atomic E-state index is 13.9. The van der Waals surface area contributed by atoms with Gasteiger partial charge in [0.15, 0.2) is 5.76 Å². The third-order valence-electron chi connectivity index (χ3n) is 3.11. The molecule has 0 unspecified atom stereocenters. The molecule has 0 amide bonds. The second-order valence-electron chi connectivity index (χ2n) is 4.62. The molecule has 0 saturated heterocycles. The van der Waals surface area contributed by atoms with Crippen LogP contribution in [0.15, 0.2) is 28.8 Å². The van der Waals surface area contributed by atoms with Gasteiger partial charge in [-0.1, -0.05) is 0 Å². The highest BCUT2D eigenvalue weighted by Gasteiger charge is 2.21. The Hall–Kier alpha value is -1.88. The predicted molar refractivity (Wildman–Crippen MR) is 68.3 cm³/mol. The lowest BCUT2D eigenvalue weighted by Crippen LogP contribution is -2.15. The van der Waals surface area contributed by atoms with Gasteiger partial charge in [0.2, 0.25) is 5.89 Å². The molecule has 1 aromatic carbocycles. The molecular weight excluding hydrogens is 247 g/mol. The smallest absolute Gasteiger partial charge is 0.208 e. The van der Waals surface area contributed by atoms with Crippen molar-refractivity contribution >= 4 is 0 Å². The van der Waals surface area contributed by atoms with Gasteiger partial charge in [0.1, 0.15) is 11.6 Å². The lowest BCUT2D eigenvalue weighted by molar-refractivity contribution is 0.411. The minimum Gasteiger partial charge on any atom is -0.497 e. The van der Waals surface area contributed by atoms with Crippen LogP contribution in [0.5, 0.6) is 5.75 Å². The second kappa shape index (κ2) is 5.01. The molecule has 1 saturated carbocycles. The Bertz CT molecular complexity index is 579. The predicted octanol–water partition coefficient (Wildman–Crippen LogP) is 2.74. The lowest BCUT2D eigenvalue weighted by Gasteiger charge is -2.02. The highest BCUT2D eigenvalue weighted by Crippen LogP contribution is 2.27. The standard InChI is InChI=1S/C14H15FN2O2/c1-18-10-4-5-11(12(15)6-10)13-7-17-14(19-13)8-16-9-2-3-9/h4-7,9,16H,2-3,8H2,1H3. The number of rotatable bonds is 5. The zero-order valence-electron chi connectivity index (χ0n) is 10.6. The van der Waals surface area contributed by atoms with Gasteiger partial charge in [-0.15, -0.1) is 0 Å². The summed E-state index contributed by atoms with van der Waals surface area (Å²) < 4.78 is 24.4. The molecule has 2 aromatic rings. The number of oxazole rings is 1. The number of hydrogen-bond acceptors (Lipinski definition) is 4. The van der Waals surface area contributed by atoms with Crippen molar-refractivity contribution in [2.75, 3.05) is 7.11 Å². The van der Waals surface area contributed by atoms with E-state index in [1.807, 2.05) is 0 Å². The molecular formula is C14H15FN2O2.